The highest BCUT2D eigenvalue weighted by Crippen LogP contribution is 2.13. The van der Waals surface area contributed by atoms with Gasteiger partial charge in [0.1, 0.15) is 0 Å². The van der Waals surface area contributed by atoms with Gasteiger partial charge in [-0.15, -0.1) is 0 Å². The van der Waals surface area contributed by atoms with Crippen LogP contribution in [0, 0.1) is 5.92 Å². The van der Waals surface area contributed by atoms with Gasteiger partial charge in [0.15, 0.2) is 0 Å². The number of allylic oxidation sites excluding steroid dienone is 4. The Morgan fingerprint density at radius 1 is 0.571 bits per heavy atom. The summed E-state index contributed by atoms with van der Waals surface area (Å²) in [5, 5.41) is 0. The molecule has 0 heterocycles. The van der Waals surface area contributed by atoms with E-state index in [4.69, 9.17) is 0 Å². The molecule has 0 aromatic heterocycles. The van der Waals surface area contributed by atoms with E-state index in [1.807, 2.05) is 0 Å². The van der Waals surface area contributed by atoms with Gasteiger partial charge >= 0.3 is 0 Å². The Kier molecular flexibility index (Phi) is 23.5. The zero-order valence-corrected chi connectivity index (χ0v) is 19.2. The lowest BCUT2D eigenvalue weighted by atomic mass is 10.00. The molecule has 0 N–H and O–H groups in total. The highest BCUT2D eigenvalue weighted by molar-refractivity contribution is 5.54. The number of hydrogen-bond donors (Lipinski definition) is 0. The van der Waals surface area contributed by atoms with Crippen LogP contribution in [0.4, 0.5) is 0 Å². The molecule has 0 fully saturated rings. The van der Waals surface area contributed by atoms with Crippen molar-refractivity contribution in [3.8, 4) is 0 Å². The van der Waals surface area contributed by atoms with E-state index in [0.717, 1.165) is 25.7 Å². The topological polar surface area (TPSA) is 17.1 Å². The molecule has 0 spiro atoms. The fourth-order valence-electron chi connectivity index (χ4n) is 3.57. The van der Waals surface area contributed by atoms with E-state index < -0.39 is 0 Å². The summed E-state index contributed by atoms with van der Waals surface area (Å²) in [7, 11) is 0. The summed E-state index contributed by atoms with van der Waals surface area (Å²) in [6.07, 6.45) is 35.6. The van der Waals surface area contributed by atoms with Gasteiger partial charge in [-0.1, -0.05) is 115 Å². The molecule has 0 aliphatic rings. The molecule has 0 saturated heterocycles. The van der Waals surface area contributed by atoms with Gasteiger partial charge in [-0.25, -0.2) is 0 Å². The SMILES string of the molecule is CCCCCCCCCC=CCCC([C]=O)CC=CCCCCCCCCC. The van der Waals surface area contributed by atoms with E-state index in [9.17, 15) is 4.79 Å². The lowest BCUT2D eigenvalue weighted by Gasteiger charge is -2.04. The maximum Gasteiger partial charge on any atom is 0.202 e. The number of unbranched alkanes of at least 4 members (excludes halogenated alkanes) is 14. The van der Waals surface area contributed by atoms with Gasteiger partial charge in [0.25, 0.3) is 0 Å². The van der Waals surface area contributed by atoms with Crippen molar-refractivity contribution in [2.45, 2.75) is 136 Å². The largest absolute Gasteiger partial charge is 0.291 e. The van der Waals surface area contributed by atoms with Gasteiger partial charge in [0.2, 0.25) is 6.29 Å². The number of carbonyl (C=O) groups excluding carboxylic acids is 1. The molecule has 1 heteroatoms. The smallest absolute Gasteiger partial charge is 0.202 e. The summed E-state index contributed by atoms with van der Waals surface area (Å²) in [6.45, 7) is 4.54. The second kappa shape index (κ2) is 24.2. The average molecular weight is 390 g/mol. The standard InChI is InChI=1S/C27H49O/c1-3-5-7-9-11-13-15-17-19-21-23-25-27(26-28)24-22-20-18-16-14-12-10-8-6-4-2/h19-22,27H,3-18,23-25H2,1-2H3. The third kappa shape index (κ3) is 21.5. The first-order valence-electron chi connectivity index (χ1n) is 12.5. The predicted molar refractivity (Wildman–Crippen MR) is 127 cm³/mol. The molecule has 0 saturated carbocycles. The van der Waals surface area contributed by atoms with Crippen LogP contribution in [0.1, 0.15) is 136 Å². The molecule has 0 aromatic rings. The molecule has 1 unspecified atom stereocenters. The van der Waals surface area contributed by atoms with Crippen LogP contribution in [0.3, 0.4) is 0 Å². The summed E-state index contributed by atoms with van der Waals surface area (Å²) in [4.78, 5) is 11.1. The highest BCUT2D eigenvalue weighted by atomic mass is 16.1. The van der Waals surface area contributed by atoms with Gasteiger partial charge in [-0.3, -0.25) is 4.79 Å². The Morgan fingerprint density at radius 2 is 1.00 bits per heavy atom. The van der Waals surface area contributed by atoms with Crippen molar-refractivity contribution in [1.29, 1.82) is 0 Å². The van der Waals surface area contributed by atoms with Crippen LogP contribution in [0.15, 0.2) is 24.3 Å². The van der Waals surface area contributed by atoms with Crippen molar-refractivity contribution < 1.29 is 4.79 Å². The highest BCUT2D eigenvalue weighted by Gasteiger charge is 2.04. The van der Waals surface area contributed by atoms with Crippen LogP contribution >= 0.6 is 0 Å². The first-order chi connectivity index (χ1) is 13.8. The Bertz CT molecular complexity index is 355. The first-order valence-corrected chi connectivity index (χ1v) is 12.5. The van der Waals surface area contributed by atoms with Crippen molar-refractivity contribution in [2.24, 2.45) is 5.92 Å². The quantitative estimate of drug-likeness (QED) is 0.133. The molecular formula is C27H49O. The van der Waals surface area contributed by atoms with Gasteiger partial charge in [-0.05, 0) is 44.9 Å². The molecule has 1 atom stereocenters. The normalized spacial score (nSPS) is 12.9. The number of rotatable bonds is 22. The van der Waals surface area contributed by atoms with Crippen LogP contribution < -0.4 is 0 Å². The zero-order chi connectivity index (χ0) is 20.5. The second-order valence-electron chi connectivity index (χ2n) is 8.39. The maximum atomic E-state index is 11.1. The molecular weight excluding hydrogens is 340 g/mol. The van der Waals surface area contributed by atoms with Crippen molar-refractivity contribution in [3.05, 3.63) is 24.3 Å². The third-order valence-corrected chi connectivity index (χ3v) is 5.55. The van der Waals surface area contributed by atoms with E-state index in [-0.39, 0.29) is 5.92 Å². The van der Waals surface area contributed by atoms with Crippen LogP contribution in [-0.2, 0) is 4.79 Å². The van der Waals surface area contributed by atoms with E-state index in [0.29, 0.717) is 0 Å². The zero-order valence-electron chi connectivity index (χ0n) is 19.2. The Labute approximate surface area is 177 Å². The molecule has 1 radical (unpaired) electrons. The van der Waals surface area contributed by atoms with E-state index in [1.54, 1.807) is 0 Å². The molecule has 0 amide bonds. The minimum absolute atomic E-state index is 0.0773. The molecule has 0 aromatic carbocycles. The van der Waals surface area contributed by atoms with Gasteiger partial charge < -0.3 is 0 Å². The molecule has 163 valence electrons. The van der Waals surface area contributed by atoms with Crippen LogP contribution in [0.2, 0.25) is 0 Å². The molecule has 0 bridgehead atoms. The molecule has 0 aliphatic heterocycles. The van der Waals surface area contributed by atoms with Crippen molar-refractivity contribution >= 4 is 6.29 Å². The van der Waals surface area contributed by atoms with E-state index >= 15 is 0 Å². The summed E-state index contributed by atoms with van der Waals surface area (Å²) in [5.41, 5.74) is 0. The summed E-state index contributed by atoms with van der Waals surface area (Å²) in [5.74, 6) is 0.0773. The minimum atomic E-state index is 0.0773. The average Bonchev–Trinajstić information content (AvgIpc) is 2.71. The van der Waals surface area contributed by atoms with Crippen molar-refractivity contribution in [1.82, 2.24) is 0 Å². The minimum Gasteiger partial charge on any atom is -0.291 e. The molecule has 28 heavy (non-hydrogen) atoms. The van der Waals surface area contributed by atoms with Crippen LogP contribution in [0.5, 0.6) is 0 Å². The monoisotopic (exact) mass is 389 g/mol. The fraction of sp³-hybridized carbons (Fsp3) is 0.815. The van der Waals surface area contributed by atoms with Crippen LogP contribution in [0.25, 0.3) is 0 Å². The molecule has 0 rings (SSSR count). The molecule has 1 nitrogen and oxygen atoms in total. The molecule has 0 aliphatic carbocycles. The van der Waals surface area contributed by atoms with Gasteiger partial charge in [0.05, 0.1) is 0 Å². The fourth-order valence-corrected chi connectivity index (χ4v) is 3.57. The predicted octanol–water partition coefficient (Wildman–Crippen LogP) is 9.28. The Morgan fingerprint density at radius 3 is 1.50 bits per heavy atom. The first kappa shape index (κ1) is 27.1. The lowest BCUT2D eigenvalue weighted by molar-refractivity contribution is 0.509. The van der Waals surface area contributed by atoms with Gasteiger partial charge in [0, 0.05) is 5.92 Å². The Balaban J connectivity index is 3.48. The third-order valence-electron chi connectivity index (χ3n) is 5.55. The van der Waals surface area contributed by atoms with E-state index in [2.05, 4.69) is 44.4 Å². The lowest BCUT2D eigenvalue weighted by Crippen LogP contribution is -1.99. The van der Waals surface area contributed by atoms with E-state index in [1.165, 1.54) is 96.3 Å². The Hall–Kier alpha value is -0.850. The van der Waals surface area contributed by atoms with Gasteiger partial charge in [-0.2, -0.15) is 0 Å². The summed E-state index contributed by atoms with van der Waals surface area (Å²) >= 11 is 0. The van der Waals surface area contributed by atoms with Crippen molar-refractivity contribution in [3.63, 3.8) is 0 Å². The van der Waals surface area contributed by atoms with Crippen LogP contribution in [-0.4, -0.2) is 6.29 Å². The number of hydrogen-bond acceptors (Lipinski definition) is 1. The maximum absolute atomic E-state index is 11.1. The second-order valence-corrected chi connectivity index (χ2v) is 8.39. The summed E-state index contributed by atoms with van der Waals surface area (Å²) < 4.78 is 0. The van der Waals surface area contributed by atoms with Crippen molar-refractivity contribution in [2.75, 3.05) is 0 Å². The summed E-state index contributed by atoms with van der Waals surface area (Å²) in [6, 6.07) is 0.